The molecule has 0 radical (unpaired) electrons. The Morgan fingerprint density at radius 2 is 2.05 bits per heavy atom. The molecule has 0 bridgehead atoms. The highest BCUT2D eigenvalue weighted by molar-refractivity contribution is 6.33. The molecule has 0 heterocycles. The van der Waals surface area contributed by atoms with E-state index in [4.69, 9.17) is 22.1 Å². The number of hydrogen-bond donors (Lipinski definition) is 2. The van der Waals surface area contributed by atoms with E-state index < -0.39 is 5.97 Å². The van der Waals surface area contributed by atoms with E-state index in [-0.39, 0.29) is 22.4 Å². The van der Waals surface area contributed by atoms with Gasteiger partial charge in [0.2, 0.25) is 0 Å². The molecule has 0 fully saturated rings. The fourth-order valence-corrected chi connectivity index (χ4v) is 2.62. The molecule has 5 nitrogen and oxygen atoms in total. The maximum Gasteiger partial charge on any atom is 0.339 e. The van der Waals surface area contributed by atoms with Gasteiger partial charge in [0, 0.05) is 11.6 Å². The summed E-state index contributed by atoms with van der Waals surface area (Å²) in [5.74, 6) is -0.810. The van der Waals surface area contributed by atoms with E-state index in [0.717, 1.165) is 13.1 Å². The monoisotopic (exact) mass is 300 g/mol. The number of carboxylic acids is 1. The van der Waals surface area contributed by atoms with Crippen LogP contribution in [0.25, 0.3) is 0 Å². The molecule has 0 aromatic heterocycles. The molecule has 0 amide bonds. The van der Waals surface area contributed by atoms with Crippen LogP contribution in [0.2, 0.25) is 5.02 Å². The molecule has 1 atom stereocenters. The summed E-state index contributed by atoms with van der Waals surface area (Å²) < 4.78 is 5.29. The van der Waals surface area contributed by atoms with E-state index in [1.807, 2.05) is 20.8 Å². The lowest BCUT2D eigenvalue weighted by molar-refractivity contribution is 0.0693. The van der Waals surface area contributed by atoms with E-state index in [2.05, 4.69) is 4.90 Å². The fraction of sp³-hybridized carbons (Fsp3) is 0.500. The van der Waals surface area contributed by atoms with E-state index in [1.54, 1.807) is 0 Å². The predicted molar refractivity (Wildman–Crippen MR) is 80.7 cm³/mol. The summed E-state index contributed by atoms with van der Waals surface area (Å²) in [7, 11) is 1.44. The number of nitrogens with two attached hydrogens (primary N) is 1. The number of carbonyl (C=O) groups is 1. The number of nitrogen functional groups attached to an aromatic ring is 1. The maximum atomic E-state index is 11.3. The standard InChI is InChI=1S/C14H21ClN2O3/c1-5-17(6-2)8(3)11-12(16)10(15)7-9(14(18)19)13(11)20-4/h7-8H,5-6,16H2,1-4H3,(H,18,19). The zero-order valence-corrected chi connectivity index (χ0v) is 13.0. The Balaban J connectivity index is 3.54. The van der Waals surface area contributed by atoms with Gasteiger partial charge >= 0.3 is 5.97 Å². The molecule has 112 valence electrons. The van der Waals surface area contributed by atoms with E-state index >= 15 is 0 Å². The Bertz CT molecular complexity index is 502. The second-order valence-corrected chi connectivity index (χ2v) is 4.88. The van der Waals surface area contributed by atoms with Crippen LogP contribution in [-0.4, -0.2) is 36.2 Å². The van der Waals surface area contributed by atoms with E-state index in [1.165, 1.54) is 13.2 Å². The molecule has 1 unspecified atom stereocenters. The second kappa shape index (κ2) is 6.81. The smallest absolute Gasteiger partial charge is 0.339 e. The van der Waals surface area contributed by atoms with Crippen molar-refractivity contribution in [1.82, 2.24) is 4.90 Å². The van der Waals surface area contributed by atoms with Gasteiger partial charge in [-0.1, -0.05) is 25.4 Å². The Kier molecular flexibility index (Phi) is 5.65. The molecular formula is C14H21ClN2O3. The minimum absolute atomic E-state index is 0.0284. The van der Waals surface area contributed by atoms with Gasteiger partial charge in [-0.3, -0.25) is 4.90 Å². The minimum Gasteiger partial charge on any atom is -0.495 e. The second-order valence-electron chi connectivity index (χ2n) is 4.47. The van der Waals surface area contributed by atoms with Crippen molar-refractivity contribution in [3.63, 3.8) is 0 Å². The third-order valence-corrected chi connectivity index (χ3v) is 3.83. The molecule has 6 heteroatoms. The normalized spacial score (nSPS) is 12.5. The van der Waals surface area contributed by atoms with Crippen molar-refractivity contribution in [1.29, 1.82) is 0 Å². The first kappa shape index (κ1) is 16.6. The van der Waals surface area contributed by atoms with Crippen LogP contribution in [0.5, 0.6) is 5.75 Å². The Labute approximate surface area is 124 Å². The third kappa shape index (κ3) is 2.99. The molecule has 1 aromatic rings. The van der Waals surface area contributed by atoms with Gasteiger partial charge < -0.3 is 15.6 Å². The molecular weight excluding hydrogens is 280 g/mol. The van der Waals surface area contributed by atoms with Crippen LogP contribution in [0.4, 0.5) is 5.69 Å². The highest BCUT2D eigenvalue weighted by Crippen LogP contribution is 2.40. The van der Waals surface area contributed by atoms with Crippen molar-refractivity contribution in [2.75, 3.05) is 25.9 Å². The topological polar surface area (TPSA) is 75.8 Å². The fourth-order valence-electron chi connectivity index (χ4n) is 2.41. The van der Waals surface area contributed by atoms with Crippen LogP contribution in [0.15, 0.2) is 6.07 Å². The SMILES string of the molecule is CCN(CC)C(C)c1c(N)c(Cl)cc(C(=O)O)c1OC. The van der Waals surface area contributed by atoms with Crippen LogP contribution < -0.4 is 10.5 Å². The third-order valence-electron chi connectivity index (χ3n) is 3.52. The highest BCUT2D eigenvalue weighted by Gasteiger charge is 2.26. The molecule has 0 spiro atoms. The summed E-state index contributed by atoms with van der Waals surface area (Å²) in [4.78, 5) is 13.5. The number of halogens is 1. The first-order chi connectivity index (χ1) is 9.38. The van der Waals surface area contributed by atoms with E-state index in [0.29, 0.717) is 11.3 Å². The average Bonchev–Trinajstić information content (AvgIpc) is 2.41. The van der Waals surface area contributed by atoms with Crippen LogP contribution in [-0.2, 0) is 0 Å². The number of ether oxygens (including phenoxy) is 1. The quantitative estimate of drug-likeness (QED) is 0.790. The molecule has 0 aliphatic rings. The van der Waals surface area contributed by atoms with Crippen molar-refractivity contribution >= 4 is 23.3 Å². The number of hydrogen-bond acceptors (Lipinski definition) is 4. The van der Waals surface area contributed by atoms with Gasteiger partial charge in [0.05, 0.1) is 17.8 Å². The van der Waals surface area contributed by atoms with Gasteiger partial charge in [-0.05, 0) is 26.1 Å². The first-order valence-electron chi connectivity index (χ1n) is 6.52. The van der Waals surface area contributed by atoms with Crippen molar-refractivity contribution in [3.05, 3.63) is 22.2 Å². The molecule has 3 N–H and O–H groups in total. The summed E-state index contributed by atoms with van der Waals surface area (Å²) in [5.41, 5.74) is 7.07. The summed E-state index contributed by atoms with van der Waals surface area (Å²) in [5, 5.41) is 9.51. The van der Waals surface area contributed by atoms with Crippen LogP contribution in [0.3, 0.4) is 0 Å². The number of anilines is 1. The Hall–Kier alpha value is -1.46. The number of rotatable bonds is 6. The number of methoxy groups -OCH3 is 1. The molecule has 1 aromatic carbocycles. The molecule has 0 aliphatic heterocycles. The van der Waals surface area contributed by atoms with Gasteiger partial charge in [0.1, 0.15) is 11.3 Å². The number of benzene rings is 1. The molecule has 0 saturated heterocycles. The van der Waals surface area contributed by atoms with Crippen LogP contribution >= 0.6 is 11.6 Å². The summed E-state index contributed by atoms with van der Waals surface area (Å²) in [6.07, 6.45) is 0. The molecule has 1 rings (SSSR count). The van der Waals surface area contributed by atoms with Gasteiger partial charge in [-0.15, -0.1) is 0 Å². The maximum absolute atomic E-state index is 11.3. The lowest BCUT2D eigenvalue weighted by atomic mass is 9.99. The van der Waals surface area contributed by atoms with Crippen molar-refractivity contribution in [2.24, 2.45) is 0 Å². The number of carboxylic acid groups (broad SMARTS) is 1. The summed E-state index contributed by atoms with van der Waals surface area (Å²) in [6, 6.07) is 1.24. The molecule has 20 heavy (non-hydrogen) atoms. The van der Waals surface area contributed by atoms with E-state index in [9.17, 15) is 9.90 Å². The van der Waals surface area contributed by atoms with Crippen molar-refractivity contribution in [2.45, 2.75) is 26.8 Å². The first-order valence-corrected chi connectivity index (χ1v) is 6.89. The lowest BCUT2D eigenvalue weighted by Crippen LogP contribution is -2.28. The van der Waals surface area contributed by atoms with Crippen LogP contribution in [0, 0.1) is 0 Å². The average molecular weight is 301 g/mol. The van der Waals surface area contributed by atoms with Crippen molar-refractivity contribution in [3.8, 4) is 5.75 Å². The van der Waals surface area contributed by atoms with Gasteiger partial charge in [0.25, 0.3) is 0 Å². The van der Waals surface area contributed by atoms with Crippen molar-refractivity contribution < 1.29 is 14.6 Å². The lowest BCUT2D eigenvalue weighted by Gasteiger charge is -2.29. The molecule has 0 aliphatic carbocycles. The van der Waals surface area contributed by atoms with Gasteiger partial charge in [-0.2, -0.15) is 0 Å². The summed E-state index contributed by atoms with van der Waals surface area (Å²) in [6.45, 7) is 7.66. The van der Waals surface area contributed by atoms with Crippen LogP contribution in [0.1, 0.15) is 42.7 Å². The predicted octanol–water partition coefficient (Wildman–Crippen LogP) is 3.03. The Morgan fingerprint density at radius 1 is 1.50 bits per heavy atom. The Morgan fingerprint density at radius 3 is 2.45 bits per heavy atom. The summed E-state index contributed by atoms with van der Waals surface area (Å²) >= 11 is 6.06. The number of aromatic carboxylic acids is 1. The zero-order chi connectivity index (χ0) is 15.4. The minimum atomic E-state index is -1.09. The van der Waals surface area contributed by atoms with Gasteiger partial charge in [-0.25, -0.2) is 4.79 Å². The number of nitrogens with zero attached hydrogens (tertiary/aromatic N) is 1. The highest BCUT2D eigenvalue weighted by atomic mass is 35.5. The largest absolute Gasteiger partial charge is 0.495 e. The molecule has 0 saturated carbocycles. The van der Waals surface area contributed by atoms with Gasteiger partial charge in [0.15, 0.2) is 0 Å². The zero-order valence-electron chi connectivity index (χ0n) is 12.2.